The van der Waals surface area contributed by atoms with Gasteiger partial charge in [0.25, 0.3) is 0 Å². The second kappa shape index (κ2) is 3.02. The molecule has 0 spiro atoms. The average Bonchev–Trinajstić information content (AvgIpc) is 1.61. The van der Waals surface area contributed by atoms with E-state index in [0.29, 0.717) is 12.6 Å². The van der Waals surface area contributed by atoms with Crippen LogP contribution in [-0.4, -0.2) is 23.6 Å². The Morgan fingerprint density at radius 1 is 1.86 bits per heavy atom. The summed E-state index contributed by atoms with van der Waals surface area (Å²) in [6, 6.07) is 0. The van der Waals surface area contributed by atoms with E-state index < -0.39 is 5.97 Å². The van der Waals surface area contributed by atoms with Crippen molar-refractivity contribution < 1.29 is 9.90 Å². The molecular weight excluding hydrogens is 96.0 g/mol. The lowest BCUT2D eigenvalue weighted by Crippen LogP contribution is -1.93. The Bertz CT molecular complexity index is 108. The number of nitrogens with one attached hydrogen (secondary N) is 1. The summed E-state index contributed by atoms with van der Waals surface area (Å²) in [6.45, 7) is 0. The summed E-state index contributed by atoms with van der Waals surface area (Å²) < 4.78 is 0. The van der Waals surface area contributed by atoms with E-state index in [-0.39, 0.29) is 0 Å². The summed E-state index contributed by atoms with van der Waals surface area (Å²) in [7, 11) is 0. The molecule has 38 valence electrons. The Balaban J connectivity index is 3.46. The summed E-state index contributed by atoms with van der Waals surface area (Å²) in [5.41, 5.74) is 0. The average molecular weight is 100 g/mol. The van der Waals surface area contributed by atoms with Crippen LogP contribution in [0.1, 0.15) is 0 Å². The number of hydrogen-bond donors (Lipinski definition) is 2. The summed E-state index contributed by atoms with van der Waals surface area (Å²) in [4.78, 5) is 12.5. The summed E-state index contributed by atoms with van der Waals surface area (Å²) in [6.07, 6.45) is 1.31. The van der Waals surface area contributed by atoms with Crippen molar-refractivity contribution in [2.75, 3.05) is 0 Å². The Morgan fingerprint density at radius 2 is 2.43 bits per heavy atom. The zero-order valence-corrected chi connectivity index (χ0v) is 3.46. The smallest absolute Gasteiger partial charge is 0.347 e. The fraction of sp³-hybridized carbons (Fsp3) is 0. The molecular formula is C3H4N2O2. The van der Waals surface area contributed by atoms with Gasteiger partial charge in [0.2, 0.25) is 0 Å². The highest BCUT2D eigenvalue weighted by Crippen LogP contribution is 1.53. The molecule has 7 heavy (non-hydrogen) atoms. The third-order valence-corrected chi connectivity index (χ3v) is 0.260. The van der Waals surface area contributed by atoms with Crippen LogP contribution >= 0.6 is 0 Å². The van der Waals surface area contributed by atoms with Gasteiger partial charge in [-0.25, -0.2) is 9.79 Å². The molecule has 0 fully saturated rings. The fourth-order valence-electron chi connectivity index (χ4n) is 0.101. The topological polar surface area (TPSA) is 73.5 Å². The second-order valence-corrected chi connectivity index (χ2v) is 0.746. The maximum absolute atomic E-state index is 9.51. The van der Waals surface area contributed by atoms with Crippen LogP contribution in [0.3, 0.4) is 0 Å². The predicted octanol–water partition coefficient (Wildman–Crippen LogP) is -0.251. The largest absolute Gasteiger partial charge is 0.477 e. The number of hydrogen-bond acceptors (Lipinski definition) is 2. The number of carboxylic acids is 1. The van der Waals surface area contributed by atoms with Gasteiger partial charge in [0.15, 0.2) is 0 Å². The van der Waals surface area contributed by atoms with Crippen molar-refractivity contribution in [3.8, 4) is 0 Å². The van der Waals surface area contributed by atoms with Crippen molar-refractivity contribution >= 4 is 18.5 Å². The van der Waals surface area contributed by atoms with E-state index in [1.165, 1.54) is 0 Å². The maximum Gasteiger partial charge on any atom is 0.347 e. The zero-order valence-electron chi connectivity index (χ0n) is 3.46. The van der Waals surface area contributed by atoms with E-state index in [4.69, 9.17) is 10.5 Å². The van der Waals surface area contributed by atoms with Gasteiger partial charge in [-0.3, -0.25) is 5.41 Å². The molecule has 0 rings (SSSR count). The fourth-order valence-corrected chi connectivity index (χ4v) is 0.101. The minimum absolute atomic E-state index is 0.646. The lowest BCUT2D eigenvalue weighted by Gasteiger charge is -1.69. The first-order valence-electron chi connectivity index (χ1n) is 1.52. The van der Waals surface area contributed by atoms with Crippen LogP contribution in [0.5, 0.6) is 0 Å². The third kappa shape index (κ3) is 4.81. The van der Waals surface area contributed by atoms with Gasteiger partial charge in [0.05, 0.1) is 0 Å². The molecule has 0 aromatic heterocycles. The van der Waals surface area contributed by atoms with E-state index in [0.717, 1.165) is 0 Å². The first kappa shape index (κ1) is 5.81. The number of aliphatic imine (C=N–C) groups is 1. The number of aliphatic carboxylic acids is 1. The van der Waals surface area contributed by atoms with Crippen molar-refractivity contribution in [1.29, 1.82) is 5.41 Å². The third-order valence-electron chi connectivity index (χ3n) is 0.260. The van der Waals surface area contributed by atoms with Crippen LogP contribution in [0.25, 0.3) is 0 Å². The van der Waals surface area contributed by atoms with Gasteiger partial charge in [-0.05, 0) is 0 Å². The minimum Gasteiger partial charge on any atom is -0.477 e. The molecule has 0 aromatic carbocycles. The lowest BCUT2D eigenvalue weighted by atomic mass is 10.8. The van der Waals surface area contributed by atoms with Gasteiger partial charge in [-0.2, -0.15) is 0 Å². The molecule has 0 aliphatic heterocycles. The Morgan fingerprint density at radius 3 is 2.57 bits per heavy atom. The molecule has 0 amide bonds. The van der Waals surface area contributed by atoms with E-state index in [1.807, 2.05) is 0 Å². The van der Waals surface area contributed by atoms with Crippen molar-refractivity contribution in [2.45, 2.75) is 0 Å². The molecule has 0 aromatic rings. The quantitative estimate of drug-likeness (QED) is 0.371. The molecule has 0 saturated heterocycles. The summed E-state index contributed by atoms with van der Waals surface area (Å²) in [5, 5.41) is 14.0. The van der Waals surface area contributed by atoms with E-state index in [9.17, 15) is 4.79 Å². The number of rotatable bonds is 2. The van der Waals surface area contributed by atoms with Crippen LogP contribution in [0.4, 0.5) is 0 Å². The highest BCUT2D eigenvalue weighted by Gasteiger charge is 1.80. The number of nitrogens with zero attached hydrogens (tertiary/aromatic N) is 1. The lowest BCUT2D eigenvalue weighted by molar-refractivity contribution is -0.128. The van der Waals surface area contributed by atoms with Gasteiger partial charge in [0.1, 0.15) is 12.6 Å². The van der Waals surface area contributed by atoms with Gasteiger partial charge in [0, 0.05) is 0 Å². The van der Waals surface area contributed by atoms with E-state index >= 15 is 0 Å². The Kier molecular flexibility index (Phi) is 2.50. The first-order valence-corrected chi connectivity index (χ1v) is 1.52. The Labute approximate surface area is 40.0 Å². The van der Waals surface area contributed by atoms with Crippen molar-refractivity contribution in [1.82, 2.24) is 0 Å². The predicted molar refractivity (Wildman–Crippen MR) is 24.9 cm³/mol. The first-order chi connectivity index (χ1) is 3.27. The number of carboxylic acid groups (broad SMARTS) is 1. The van der Waals surface area contributed by atoms with Gasteiger partial charge >= 0.3 is 5.97 Å². The molecule has 4 nitrogen and oxygen atoms in total. The molecule has 0 aliphatic rings. The standard InChI is InChI=1S/C3H4N2O2/c4-2-5-1-3(6)7/h1-2,4H,(H,6,7). The van der Waals surface area contributed by atoms with Crippen molar-refractivity contribution in [2.24, 2.45) is 4.99 Å². The van der Waals surface area contributed by atoms with Gasteiger partial charge in [-0.15, -0.1) is 0 Å². The molecule has 4 heteroatoms. The van der Waals surface area contributed by atoms with Crippen LogP contribution in [0.15, 0.2) is 4.99 Å². The monoisotopic (exact) mass is 100 g/mol. The molecule has 0 radical (unpaired) electrons. The van der Waals surface area contributed by atoms with E-state index in [2.05, 4.69) is 4.99 Å². The summed E-state index contributed by atoms with van der Waals surface area (Å²) in [5.74, 6) is -1.14. The van der Waals surface area contributed by atoms with Gasteiger partial charge in [-0.1, -0.05) is 0 Å². The Hall–Kier alpha value is -1.19. The molecule has 0 bridgehead atoms. The van der Waals surface area contributed by atoms with Crippen LogP contribution in [0, 0.1) is 5.41 Å². The van der Waals surface area contributed by atoms with E-state index in [1.54, 1.807) is 0 Å². The van der Waals surface area contributed by atoms with Crippen molar-refractivity contribution in [3.63, 3.8) is 0 Å². The molecule has 0 aliphatic carbocycles. The molecule has 2 N–H and O–H groups in total. The van der Waals surface area contributed by atoms with Crippen LogP contribution in [0.2, 0.25) is 0 Å². The molecule has 0 saturated carbocycles. The number of carbonyl (C=O) groups is 1. The maximum atomic E-state index is 9.51. The van der Waals surface area contributed by atoms with Crippen molar-refractivity contribution in [3.05, 3.63) is 0 Å². The second-order valence-electron chi connectivity index (χ2n) is 0.746. The SMILES string of the molecule is N=CN=CC(=O)O. The summed E-state index contributed by atoms with van der Waals surface area (Å²) >= 11 is 0. The molecule has 0 atom stereocenters. The van der Waals surface area contributed by atoms with Crippen LogP contribution < -0.4 is 0 Å². The molecule has 0 heterocycles. The zero-order chi connectivity index (χ0) is 5.70. The van der Waals surface area contributed by atoms with Gasteiger partial charge < -0.3 is 5.11 Å². The molecule has 0 unspecified atom stereocenters. The van der Waals surface area contributed by atoms with Crippen LogP contribution in [-0.2, 0) is 4.79 Å². The highest BCUT2D eigenvalue weighted by atomic mass is 16.4. The normalized spacial score (nSPS) is 9.14. The highest BCUT2D eigenvalue weighted by molar-refractivity contribution is 6.23. The minimum atomic E-state index is -1.14.